The third kappa shape index (κ3) is 5.97. The van der Waals surface area contributed by atoms with Crippen LogP contribution in [0.5, 0.6) is 11.5 Å². The van der Waals surface area contributed by atoms with Crippen LogP contribution in [0.2, 0.25) is 0 Å². The Morgan fingerprint density at radius 1 is 1.03 bits per heavy atom. The molecule has 0 aliphatic carbocycles. The van der Waals surface area contributed by atoms with Crippen LogP contribution in [0, 0.1) is 0 Å². The predicted molar refractivity (Wildman–Crippen MR) is 128 cm³/mol. The molecule has 1 heterocycles. The Bertz CT molecular complexity index is 1050. The first-order valence-corrected chi connectivity index (χ1v) is 12.5. The van der Waals surface area contributed by atoms with Gasteiger partial charge in [0.25, 0.3) is 0 Å². The van der Waals surface area contributed by atoms with E-state index in [1.165, 1.54) is 64.4 Å². The van der Waals surface area contributed by atoms with Crippen LogP contribution in [0.15, 0.2) is 47.4 Å². The number of nitrogens with one attached hydrogen (secondary N) is 1. The summed E-state index contributed by atoms with van der Waals surface area (Å²) in [7, 11) is 0.413. The second-order valence-corrected chi connectivity index (χ2v) is 10.3. The van der Waals surface area contributed by atoms with E-state index in [-0.39, 0.29) is 23.4 Å². The lowest BCUT2D eigenvalue weighted by atomic mass is 10.1. The zero-order chi connectivity index (χ0) is 24.0. The molecule has 1 atom stereocenters. The van der Waals surface area contributed by atoms with E-state index in [9.17, 15) is 13.2 Å². The number of hydrogen-bond acceptors (Lipinski definition) is 6. The molecule has 2 aromatic carbocycles. The van der Waals surface area contributed by atoms with E-state index in [0.29, 0.717) is 11.5 Å². The molecule has 33 heavy (non-hydrogen) atoms. The van der Waals surface area contributed by atoms with Gasteiger partial charge >= 0.3 is 0 Å². The Labute approximate surface area is 196 Å². The van der Waals surface area contributed by atoms with Crippen molar-refractivity contribution in [1.82, 2.24) is 9.62 Å². The molecule has 0 unspecified atom stereocenters. The Kier molecular flexibility index (Phi) is 8.20. The van der Waals surface area contributed by atoms with Gasteiger partial charge in [-0.3, -0.25) is 4.79 Å². The highest BCUT2D eigenvalue weighted by Gasteiger charge is 2.25. The van der Waals surface area contributed by atoms with Crippen LogP contribution in [-0.4, -0.2) is 59.5 Å². The summed E-state index contributed by atoms with van der Waals surface area (Å²) in [4.78, 5) is 15.0. The van der Waals surface area contributed by atoms with Gasteiger partial charge in [-0.05, 0) is 56.0 Å². The van der Waals surface area contributed by atoms with Crippen molar-refractivity contribution in [2.75, 3.05) is 45.8 Å². The fourth-order valence-corrected chi connectivity index (χ4v) is 5.08. The first-order chi connectivity index (χ1) is 15.8. The van der Waals surface area contributed by atoms with Gasteiger partial charge in [0.15, 0.2) is 11.5 Å². The van der Waals surface area contributed by atoms with Crippen LogP contribution in [0.25, 0.3) is 0 Å². The number of ether oxygens (including phenoxy) is 2. The molecule has 9 heteroatoms. The number of rotatable bonds is 9. The average molecular weight is 476 g/mol. The number of amides is 1. The second kappa shape index (κ2) is 10.9. The largest absolute Gasteiger partial charge is 0.493 e. The molecule has 1 amide bonds. The molecule has 1 N–H and O–H groups in total. The summed E-state index contributed by atoms with van der Waals surface area (Å²) in [6.45, 7) is 3.74. The van der Waals surface area contributed by atoms with Crippen LogP contribution >= 0.6 is 0 Å². The summed E-state index contributed by atoms with van der Waals surface area (Å²) in [5.41, 5.74) is 2.16. The molecule has 8 nitrogen and oxygen atoms in total. The van der Waals surface area contributed by atoms with Crippen molar-refractivity contribution in [3.8, 4) is 11.5 Å². The van der Waals surface area contributed by atoms with Gasteiger partial charge in [-0.2, -0.15) is 4.31 Å². The number of carbonyl (C=O) groups excluding carboxylic acids is 1. The monoisotopic (exact) mass is 475 g/mol. The number of carbonyl (C=O) groups is 1. The van der Waals surface area contributed by atoms with Gasteiger partial charge in [0, 0.05) is 31.9 Å². The number of methoxy groups -OCH3 is 2. The van der Waals surface area contributed by atoms with Crippen molar-refractivity contribution in [2.45, 2.75) is 37.1 Å². The molecule has 0 aromatic heterocycles. The summed E-state index contributed by atoms with van der Waals surface area (Å²) in [5, 5.41) is 2.89. The molecule has 1 saturated heterocycles. The normalized spacial score (nSPS) is 15.2. The van der Waals surface area contributed by atoms with E-state index < -0.39 is 10.0 Å². The summed E-state index contributed by atoms with van der Waals surface area (Å²) in [5.74, 6) is 0.351. The summed E-state index contributed by atoms with van der Waals surface area (Å²) < 4.78 is 37.2. The summed E-state index contributed by atoms with van der Waals surface area (Å²) in [6.07, 6.45) is 3.72. The lowest BCUT2D eigenvalue weighted by Crippen LogP contribution is -2.39. The summed E-state index contributed by atoms with van der Waals surface area (Å²) in [6, 6.07) is 12.3. The summed E-state index contributed by atoms with van der Waals surface area (Å²) >= 11 is 0. The topological polar surface area (TPSA) is 88.2 Å². The van der Waals surface area contributed by atoms with Gasteiger partial charge in [0.2, 0.25) is 15.9 Å². The van der Waals surface area contributed by atoms with Crippen molar-refractivity contribution in [3.05, 3.63) is 48.0 Å². The molecule has 0 radical (unpaired) electrons. The number of anilines is 1. The molecule has 1 fully saturated rings. The minimum absolute atomic E-state index is 0.0248. The van der Waals surface area contributed by atoms with Crippen molar-refractivity contribution >= 4 is 21.6 Å². The van der Waals surface area contributed by atoms with Crippen molar-refractivity contribution in [2.24, 2.45) is 0 Å². The second-order valence-electron chi connectivity index (χ2n) is 8.21. The fourth-order valence-electron chi connectivity index (χ4n) is 3.94. The SMILES string of the molecule is COc1ccc(S(=O)(=O)N(C)CC(=O)N[C@H](C)c2ccc(N3CCCCC3)cc2)cc1OC. The average Bonchev–Trinajstić information content (AvgIpc) is 2.83. The van der Waals surface area contributed by atoms with E-state index in [2.05, 4.69) is 22.3 Å². The first kappa shape index (κ1) is 24.9. The van der Waals surface area contributed by atoms with Gasteiger partial charge in [0.05, 0.1) is 31.7 Å². The van der Waals surface area contributed by atoms with Crippen molar-refractivity contribution in [1.29, 1.82) is 0 Å². The lowest BCUT2D eigenvalue weighted by Gasteiger charge is -2.29. The van der Waals surface area contributed by atoms with Gasteiger partial charge in [-0.1, -0.05) is 12.1 Å². The Balaban J connectivity index is 1.61. The molecule has 2 aromatic rings. The Morgan fingerprint density at radius 2 is 1.67 bits per heavy atom. The Hall–Kier alpha value is -2.78. The quantitative estimate of drug-likeness (QED) is 0.599. The number of benzene rings is 2. The maximum Gasteiger partial charge on any atom is 0.243 e. The number of nitrogens with zero attached hydrogens (tertiary/aromatic N) is 2. The molecule has 1 aliphatic heterocycles. The van der Waals surface area contributed by atoms with E-state index in [0.717, 1.165) is 23.0 Å². The highest BCUT2D eigenvalue weighted by Crippen LogP contribution is 2.30. The van der Waals surface area contributed by atoms with Crippen molar-refractivity contribution in [3.63, 3.8) is 0 Å². The van der Waals surface area contributed by atoms with E-state index in [1.807, 2.05) is 19.1 Å². The predicted octanol–water partition coefficient (Wildman–Crippen LogP) is 3.19. The van der Waals surface area contributed by atoms with Crippen molar-refractivity contribution < 1.29 is 22.7 Å². The highest BCUT2D eigenvalue weighted by atomic mass is 32.2. The number of sulfonamides is 1. The van der Waals surface area contributed by atoms with E-state index in [1.54, 1.807) is 0 Å². The van der Waals surface area contributed by atoms with Gasteiger partial charge in [-0.15, -0.1) is 0 Å². The molecule has 0 bridgehead atoms. The molecule has 0 saturated carbocycles. The molecular weight excluding hydrogens is 442 g/mol. The number of likely N-dealkylation sites (N-methyl/N-ethyl adjacent to an activating group) is 1. The zero-order valence-electron chi connectivity index (χ0n) is 19.7. The first-order valence-electron chi connectivity index (χ1n) is 11.1. The lowest BCUT2D eigenvalue weighted by molar-refractivity contribution is -0.121. The molecule has 0 spiro atoms. The smallest absolute Gasteiger partial charge is 0.243 e. The van der Waals surface area contributed by atoms with Gasteiger partial charge < -0.3 is 19.7 Å². The maximum atomic E-state index is 12.9. The van der Waals surface area contributed by atoms with Crippen LogP contribution in [-0.2, 0) is 14.8 Å². The van der Waals surface area contributed by atoms with Crippen LogP contribution in [0.3, 0.4) is 0 Å². The number of piperidine rings is 1. The highest BCUT2D eigenvalue weighted by molar-refractivity contribution is 7.89. The maximum absolute atomic E-state index is 12.9. The molecule has 1 aliphatic rings. The number of hydrogen-bond donors (Lipinski definition) is 1. The third-order valence-corrected chi connectivity index (χ3v) is 7.72. The molecule has 180 valence electrons. The fraction of sp³-hybridized carbons (Fsp3) is 0.458. The third-order valence-electron chi connectivity index (χ3n) is 5.92. The van der Waals surface area contributed by atoms with Crippen LogP contribution in [0.1, 0.15) is 37.8 Å². The van der Waals surface area contributed by atoms with E-state index in [4.69, 9.17) is 9.47 Å². The Morgan fingerprint density at radius 3 is 2.27 bits per heavy atom. The minimum atomic E-state index is -3.88. The standard InChI is InChI=1S/C24H33N3O5S/c1-18(19-8-10-20(11-9-19)27-14-6-5-7-15-27)25-24(28)17-26(2)33(29,30)21-12-13-22(31-3)23(16-21)32-4/h8-13,16,18H,5-7,14-15,17H2,1-4H3,(H,25,28)/t18-/m1/s1. The van der Waals surface area contributed by atoms with Gasteiger partial charge in [-0.25, -0.2) is 8.42 Å². The van der Waals surface area contributed by atoms with Crippen LogP contribution < -0.4 is 19.7 Å². The molecule has 3 rings (SSSR count). The minimum Gasteiger partial charge on any atom is -0.493 e. The zero-order valence-corrected chi connectivity index (χ0v) is 20.5. The van der Waals surface area contributed by atoms with Gasteiger partial charge in [0.1, 0.15) is 0 Å². The van der Waals surface area contributed by atoms with E-state index >= 15 is 0 Å². The van der Waals surface area contributed by atoms with Crippen LogP contribution in [0.4, 0.5) is 5.69 Å². The molecular formula is C24H33N3O5S.